The third kappa shape index (κ3) is 2.97. The lowest BCUT2D eigenvalue weighted by atomic mass is 10.2. The summed E-state index contributed by atoms with van der Waals surface area (Å²) in [6, 6.07) is 0. The van der Waals surface area contributed by atoms with Crippen molar-refractivity contribution in [3.05, 3.63) is 21.5 Å². The maximum absolute atomic E-state index is 6.40. The largest absolute Gasteiger partial charge is 0.412 e. The molecule has 2 aromatic heterocycles. The maximum atomic E-state index is 6.40. The lowest BCUT2D eigenvalue weighted by molar-refractivity contribution is 0.276. The zero-order valence-electron chi connectivity index (χ0n) is 12.9. The zero-order valence-corrected chi connectivity index (χ0v) is 16.2. The van der Waals surface area contributed by atoms with Crippen molar-refractivity contribution in [2.24, 2.45) is 0 Å². The van der Waals surface area contributed by atoms with Crippen molar-refractivity contribution in [2.45, 2.75) is 45.5 Å². The average Bonchev–Trinajstić information content (AvgIpc) is 2.59. The van der Waals surface area contributed by atoms with Crippen LogP contribution in [0, 0.1) is 0 Å². The summed E-state index contributed by atoms with van der Waals surface area (Å²) in [7, 11) is -1.85. The molecule has 0 saturated heterocycles. The quantitative estimate of drug-likeness (QED) is 0.794. The molecule has 2 heterocycles. The van der Waals surface area contributed by atoms with Gasteiger partial charge in [-0.15, -0.1) is 0 Å². The summed E-state index contributed by atoms with van der Waals surface area (Å²) < 4.78 is 8.61. The lowest BCUT2D eigenvalue weighted by Crippen LogP contribution is -2.40. The highest BCUT2D eigenvalue weighted by atomic mass is 79.9. The Morgan fingerprint density at radius 3 is 2.57 bits per heavy atom. The summed E-state index contributed by atoms with van der Waals surface area (Å²) in [6.45, 7) is 11.5. The second-order valence-corrected chi connectivity index (χ2v) is 12.5. The molecule has 0 amide bonds. The molecule has 0 aliphatic carbocycles. The number of aromatic nitrogens is 3. The highest BCUT2D eigenvalue weighted by Crippen LogP contribution is 2.39. The number of hydrogen-bond acceptors (Lipinski definition) is 4. The van der Waals surface area contributed by atoms with Crippen LogP contribution in [-0.2, 0) is 11.0 Å². The number of anilines is 1. The van der Waals surface area contributed by atoms with Gasteiger partial charge in [0, 0.05) is 5.56 Å². The predicted molar refractivity (Wildman–Crippen MR) is 92.1 cm³/mol. The van der Waals surface area contributed by atoms with E-state index in [1.807, 2.05) is 0 Å². The van der Waals surface area contributed by atoms with Crippen LogP contribution in [0.25, 0.3) is 5.52 Å². The fraction of sp³-hybridized carbons (Fsp3) is 0.538. The van der Waals surface area contributed by atoms with Crippen molar-refractivity contribution in [2.75, 3.05) is 5.73 Å². The maximum Gasteiger partial charge on any atom is 0.192 e. The van der Waals surface area contributed by atoms with E-state index >= 15 is 0 Å². The van der Waals surface area contributed by atoms with E-state index in [-0.39, 0.29) is 5.04 Å². The SMILES string of the molecule is CC(C)(C)[Si](C)(C)OCc1c(Br)c2c(N)ncnn2c1Cl. The molecule has 0 atom stereocenters. The molecule has 116 valence electrons. The Morgan fingerprint density at radius 1 is 1.43 bits per heavy atom. The van der Waals surface area contributed by atoms with Gasteiger partial charge in [0.15, 0.2) is 14.1 Å². The first-order valence-electron chi connectivity index (χ1n) is 6.65. The van der Waals surface area contributed by atoms with Crippen molar-refractivity contribution in [1.82, 2.24) is 14.6 Å². The molecule has 2 aromatic rings. The van der Waals surface area contributed by atoms with Crippen molar-refractivity contribution >= 4 is 47.2 Å². The van der Waals surface area contributed by atoms with Gasteiger partial charge in [-0.3, -0.25) is 0 Å². The first kappa shape index (κ1) is 16.7. The van der Waals surface area contributed by atoms with Crippen LogP contribution in [0.4, 0.5) is 5.82 Å². The average molecular weight is 392 g/mol. The molecule has 8 heteroatoms. The number of nitrogen functional groups attached to an aromatic ring is 1. The molecule has 0 spiro atoms. The number of halogens is 2. The topological polar surface area (TPSA) is 65.4 Å². The van der Waals surface area contributed by atoms with Gasteiger partial charge in [0.1, 0.15) is 17.0 Å². The summed E-state index contributed by atoms with van der Waals surface area (Å²) in [6.07, 6.45) is 1.39. The first-order chi connectivity index (χ1) is 9.56. The number of nitrogens with zero attached hydrogens (tertiary/aromatic N) is 3. The highest BCUT2D eigenvalue weighted by molar-refractivity contribution is 9.10. The molecule has 21 heavy (non-hydrogen) atoms. The van der Waals surface area contributed by atoms with Crippen molar-refractivity contribution in [1.29, 1.82) is 0 Å². The van der Waals surface area contributed by atoms with Crippen molar-refractivity contribution < 1.29 is 4.43 Å². The molecule has 0 unspecified atom stereocenters. The fourth-order valence-corrected chi connectivity index (χ4v) is 3.68. The minimum Gasteiger partial charge on any atom is -0.412 e. The van der Waals surface area contributed by atoms with Crippen LogP contribution in [0.15, 0.2) is 10.8 Å². The summed E-state index contributed by atoms with van der Waals surface area (Å²) >= 11 is 9.94. The van der Waals surface area contributed by atoms with E-state index in [1.54, 1.807) is 4.52 Å². The predicted octanol–water partition coefficient (Wildman–Crippen LogP) is 4.25. The lowest BCUT2D eigenvalue weighted by Gasteiger charge is -2.36. The second-order valence-electron chi connectivity index (χ2n) is 6.54. The van der Waals surface area contributed by atoms with Gasteiger partial charge >= 0.3 is 0 Å². The fourth-order valence-electron chi connectivity index (χ4n) is 1.67. The Hall–Kier alpha value is -0.633. The summed E-state index contributed by atoms with van der Waals surface area (Å²) in [5.74, 6) is 0.386. The molecule has 0 bridgehead atoms. The Bertz CT molecular complexity index is 681. The Balaban J connectivity index is 2.39. The number of rotatable bonds is 3. The third-order valence-electron chi connectivity index (χ3n) is 4.11. The molecule has 0 aromatic carbocycles. The Morgan fingerprint density at radius 2 is 2.05 bits per heavy atom. The minimum absolute atomic E-state index is 0.143. The minimum atomic E-state index is -1.85. The smallest absolute Gasteiger partial charge is 0.192 e. The van der Waals surface area contributed by atoms with Crippen LogP contribution in [0.2, 0.25) is 23.3 Å². The third-order valence-corrected chi connectivity index (χ3v) is 9.83. The van der Waals surface area contributed by atoms with Crippen LogP contribution in [-0.4, -0.2) is 22.9 Å². The van der Waals surface area contributed by atoms with Gasteiger partial charge in [0.25, 0.3) is 0 Å². The highest BCUT2D eigenvalue weighted by Gasteiger charge is 2.37. The van der Waals surface area contributed by atoms with Gasteiger partial charge in [-0.1, -0.05) is 32.4 Å². The van der Waals surface area contributed by atoms with Gasteiger partial charge in [-0.05, 0) is 34.1 Å². The standard InChI is InChI=1S/C13H20BrClN4OSi/c1-13(2,3)21(4,5)20-6-8-9(14)10-12(16)17-7-18-19(10)11(8)15/h7H,6H2,1-5H3,(H2,16,17,18). The molecular formula is C13H20BrClN4OSi. The molecular weight excluding hydrogens is 372 g/mol. The van der Waals surface area contributed by atoms with Crippen LogP contribution >= 0.6 is 27.5 Å². The molecule has 0 aliphatic heterocycles. The van der Waals surface area contributed by atoms with E-state index in [9.17, 15) is 0 Å². The van der Waals surface area contributed by atoms with Gasteiger partial charge in [0.2, 0.25) is 0 Å². The number of fused-ring (bicyclic) bond motifs is 1. The normalized spacial score (nSPS) is 13.1. The Kier molecular flexibility index (Phi) is 4.41. The number of nitrogens with two attached hydrogens (primary N) is 1. The van der Waals surface area contributed by atoms with Crippen LogP contribution < -0.4 is 5.73 Å². The van der Waals surface area contributed by atoms with Gasteiger partial charge in [-0.2, -0.15) is 5.10 Å². The van der Waals surface area contributed by atoms with Crippen molar-refractivity contribution in [3.8, 4) is 0 Å². The van der Waals surface area contributed by atoms with E-state index in [4.69, 9.17) is 21.8 Å². The van der Waals surface area contributed by atoms with E-state index in [1.165, 1.54) is 6.33 Å². The van der Waals surface area contributed by atoms with E-state index in [0.717, 1.165) is 10.0 Å². The summed E-state index contributed by atoms with van der Waals surface area (Å²) in [4.78, 5) is 4.00. The van der Waals surface area contributed by atoms with Crippen molar-refractivity contribution in [3.63, 3.8) is 0 Å². The molecule has 2 rings (SSSR count). The first-order valence-corrected chi connectivity index (χ1v) is 10.7. The van der Waals surface area contributed by atoms with Crippen LogP contribution in [0.3, 0.4) is 0 Å². The molecule has 0 fully saturated rings. The van der Waals surface area contributed by atoms with E-state index < -0.39 is 8.32 Å². The van der Waals surface area contributed by atoms with E-state index in [2.05, 4.69) is 59.9 Å². The Labute approximate surface area is 139 Å². The van der Waals surface area contributed by atoms with Crippen LogP contribution in [0.1, 0.15) is 26.3 Å². The molecule has 0 aliphatic rings. The van der Waals surface area contributed by atoms with Gasteiger partial charge in [-0.25, -0.2) is 9.50 Å². The van der Waals surface area contributed by atoms with Gasteiger partial charge in [0.05, 0.1) is 11.1 Å². The number of hydrogen-bond donors (Lipinski definition) is 1. The summed E-state index contributed by atoms with van der Waals surface area (Å²) in [5, 5.41) is 4.78. The molecule has 2 N–H and O–H groups in total. The summed E-state index contributed by atoms with van der Waals surface area (Å²) in [5.41, 5.74) is 7.43. The second kappa shape index (κ2) is 5.53. The van der Waals surface area contributed by atoms with E-state index in [0.29, 0.717) is 23.1 Å². The van der Waals surface area contributed by atoms with Gasteiger partial charge < -0.3 is 10.2 Å². The zero-order chi connectivity index (χ0) is 16.0. The monoisotopic (exact) mass is 390 g/mol. The van der Waals surface area contributed by atoms with Crippen LogP contribution in [0.5, 0.6) is 0 Å². The molecule has 0 saturated carbocycles. The molecule has 5 nitrogen and oxygen atoms in total. The molecule has 0 radical (unpaired) electrons.